The number of hydrogen-bond acceptors (Lipinski definition) is 4. The third-order valence-electron chi connectivity index (χ3n) is 7.08. The lowest BCUT2D eigenvalue weighted by atomic mass is 9.65. The Morgan fingerprint density at radius 1 is 1.50 bits per heavy atom. The Balaban J connectivity index is 1.80. The summed E-state index contributed by atoms with van der Waals surface area (Å²) in [6.45, 7) is 7.27. The Morgan fingerprint density at radius 2 is 2.27 bits per heavy atom. The maximum absolute atomic E-state index is 12.5. The molecule has 3 fully saturated rings. The second-order valence-corrected chi connectivity index (χ2v) is 7.63. The molecule has 2 aliphatic carbocycles. The topological polar surface area (TPSA) is 71.8 Å². The van der Waals surface area contributed by atoms with Crippen molar-refractivity contribution in [1.82, 2.24) is 5.01 Å². The first-order chi connectivity index (χ1) is 10.3. The highest BCUT2D eigenvalue weighted by Gasteiger charge is 2.80. The van der Waals surface area contributed by atoms with E-state index in [1.54, 1.807) is 6.26 Å². The van der Waals surface area contributed by atoms with Gasteiger partial charge in [0.15, 0.2) is 0 Å². The Kier molecular flexibility index (Phi) is 2.48. The lowest BCUT2D eigenvalue weighted by Crippen LogP contribution is -2.60. The second-order valence-electron chi connectivity index (χ2n) is 7.63. The minimum Gasteiger partial charge on any atom is -0.463 e. The Morgan fingerprint density at radius 3 is 2.86 bits per heavy atom. The van der Waals surface area contributed by atoms with Crippen LogP contribution in [0, 0.1) is 16.7 Å². The molecule has 3 aliphatic rings. The molecule has 2 N–H and O–H groups in total. The zero-order chi connectivity index (χ0) is 15.8. The molecule has 0 unspecified atom stereocenters. The number of nitrogens with zero attached hydrogens (tertiary/aromatic N) is 2. The number of carbonyl (C=O) groups is 1. The molecule has 5 nitrogen and oxygen atoms in total. The summed E-state index contributed by atoms with van der Waals surface area (Å²) < 4.78 is 5.42. The van der Waals surface area contributed by atoms with Crippen LogP contribution in [0.25, 0.3) is 0 Å². The van der Waals surface area contributed by atoms with Crippen molar-refractivity contribution < 1.29 is 9.21 Å². The third-order valence-corrected chi connectivity index (χ3v) is 7.08. The van der Waals surface area contributed by atoms with E-state index < -0.39 is 5.54 Å². The average molecular weight is 301 g/mol. The van der Waals surface area contributed by atoms with Gasteiger partial charge in [-0.2, -0.15) is 5.10 Å². The number of carbonyl (C=O) groups excluding carboxylic acids is 1. The number of piperidine rings is 1. The molecular weight excluding hydrogens is 278 g/mol. The first-order valence-electron chi connectivity index (χ1n) is 8.02. The number of hydrogen-bond donors (Lipinski definition) is 1. The Bertz CT molecular complexity index is 667. The summed E-state index contributed by atoms with van der Waals surface area (Å²) in [6, 6.07) is 3.73. The summed E-state index contributed by atoms with van der Waals surface area (Å²) in [5.41, 5.74) is 6.10. The van der Waals surface area contributed by atoms with Crippen LogP contribution < -0.4 is 5.73 Å². The minimum atomic E-state index is -0.640. The molecule has 4 bridgehead atoms. The molecule has 1 saturated heterocycles. The first-order valence-corrected chi connectivity index (χ1v) is 8.02. The molecular formula is C17H23N3O2. The van der Waals surface area contributed by atoms with Crippen LogP contribution in [-0.4, -0.2) is 28.7 Å². The number of hydrazone groups is 1. The van der Waals surface area contributed by atoms with E-state index in [-0.39, 0.29) is 16.7 Å². The van der Waals surface area contributed by atoms with Crippen LogP contribution in [0.5, 0.6) is 0 Å². The summed E-state index contributed by atoms with van der Waals surface area (Å²) in [5, 5.41) is 6.73. The van der Waals surface area contributed by atoms with Crippen LogP contribution in [0.1, 0.15) is 45.8 Å². The summed E-state index contributed by atoms with van der Waals surface area (Å²) in [6.07, 6.45) is 4.74. The van der Waals surface area contributed by atoms with Gasteiger partial charge in [-0.3, -0.25) is 9.80 Å². The fourth-order valence-electron chi connectivity index (χ4n) is 5.58. The number of nitrogens with two attached hydrogens (primary N) is 1. The Hall–Kier alpha value is -1.78. The standard InChI is InChI=1S/C17H23N3O2/c1-11(13-5-4-8-22-13)19-20-10-15(2)12-6-7-16(15,3)17(20,9-12)14(18)21/h4-5,8,12H,6-7,9-10H2,1-3H3,(H2,18,21)/b19-11-/t12-,15+,16+,17-/m1/s1. The maximum Gasteiger partial charge on any atom is 0.245 e. The molecule has 2 saturated carbocycles. The summed E-state index contributed by atoms with van der Waals surface area (Å²) in [4.78, 5) is 12.5. The van der Waals surface area contributed by atoms with E-state index in [4.69, 9.17) is 15.3 Å². The number of furan rings is 1. The van der Waals surface area contributed by atoms with Gasteiger partial charge in [-0.1, -0.05) is 13.8 Å². The van der Waals surface area contributed by atoms with Crippen LogP contribution >= 0.6 is 0 Å². The maximum atomic E-state index is 12.5. The largest absolute Gasteiger partial charge is 0.463 e. The van der Waals surface area contributed by atoms with Crippen molar-refractivity contribution in [2.75, 3.05) is 6.54 Å². The third kappa shape index (κ3) is 1.27. The zero-order valence-corrected chi connectivity index (χ0v) is 13.4. The smallest absolute Gasteiger partial charge is 0.245 e. The fourth-order valence-corrected chi connectivity index (χ4v) is 5.58. The fraction of sp³-hybridized carbons (Fsp3) is 0.647. The summed E-state index contributed by atoms with van der Waals surface area (Å²) >= 11 is 0. The molecule has 22 heavy (non-hydrogen) atoms. The molecule has 118 valence electrons. The van der Waals surface area contributed by atoms with Crippen molar-refractivity contribution in [1.29, 1.82) is 0 Å². The highest BCUT2D eigenvalue weighted by molar-refractivity contribution is 5.96. The number of primary amides is 1. The summed E-state index contributed by atoms with van der Waals surface area (Å²) in [7, 11) is 0. The predicted octanol–water partition coefficient (Wildman–Crippen LogP) is 2.37. The second kappa shape index (κ2) is 3.94. The van der Waals surface area contributed by atoms with E-state index in [2.05, 4.69) is 13.8 Å². The van der Waals surface area contributed by atoms with Gasteiger partial charge in [0.2, 0.25) is 5.91 Å². The van der Waals surface area contributed by atoms with Crippen LogP contribution in [0.2, 0.25) is 0 Å². The number of rotatable bonds is 3. The van der Waals surface area contributed by atoms with Gasteiger partial charge in [0.1, 0.15) is 11.3 Å². The van der Waals surface area contributed by atoms with Gasteiger partial charge < -0.3 is 10.2 Å². The molecule has 0 spiro atoms. The minimum absolute atomic E-state index is 0.0799. The predicted molar refractivity (Wildman–Crippen MR) is 83.1 cm³/mol. The molecule has 1 aromatic heterocycles. The Labute approximate surface area is 130 Å². The molecule has 1 amide bonds. The van der Waals surface area contributed by atoms with E-state index in [1.807, 2.05) is 24.1 Å². The highest BCUT2D eigenvalue weighted by Crippen LogP contribution is 2.75. The van der Waals surface area contributed by atoms with E-state index in [0.717, 1.165) is 30.9 Å². The van der Waals surface area contributed by atoms with Crippen molar-refractivity contribution in [2.24, 2.45) is 27.6 Å². The van der Waals surface area contributed by atoms with Crippen LogP contribution in [0.3, 0.4) is 0 Å². The van der Waals surface area contributed by atoms with Crippen molar-refractivity contribution in [3.05, 3.63) is 24.2 Å². The molecule has 4 rings (SSSR count). The van der Waals surface area contributed by atoms with Gasteiger partial charge in [0.05, 0.1) is 12.0 Å². The van der Waals surface area contributed by atoms with Crippen molar-refractivity contribution in [3.63, 3.8) is 0 Å². The lowest BCUT2D eigenvalue weighted by Gasteiger charge is -2.44. The molecule has 0 aromatic carbocycles. The molecule has 1 aromatic rings. The molecule has 5 heteroatoms. The molecule has 0 radical (unpaired) electrons. The van der Waals surface area contributed by atoms with Crippen LogP contribution in [-0.2, 0) is 4.79 Å². The van der Waals surface area contributed by atoms with Crippen molar-refractivity contribution in [3.8, 4) is 0 Å². The molecule has 2 heterocycles. The zero-order valence-electron chi connectivity index (χ0n) is 13.4. The SMILES string of the molecule is C/C(=N/N1C[C@@]2(C)[C@@H]3CC[C@]2(C)[C@]1(C(N)=O)C3)c1ccco1. The van der Waals surface area contributed by atoms with Gasteiger partial charge in [0, 0.05) is 12.0 Å². The monoisotopic (exact) mass is 301 g/mol. The van der Waals surface area contributed by atoms with Gasteiger partial charge >= 0.3 is 0 Å². The van der Waals surface area contributed by atoms with Gasteiger partial charge in [0.25, 0.3) is 0 Å². The average Bonchev–Trinajstić information content (AvgIpc) is 3.14. The van der Waals surface area contributed by atoms with Crippen LogP contribution in [0.15, 0.2) is 27.9 Å². The quantitative estimate of drug-likeness (QED) is 0.871. The van der Waals surface area contributed by atoms with E-state index in [0.29, 0.717) is 5.92 Å². The van der Waals surface area contributed by atoms with E-state index in [9.17, 15) is 4.79 Å². The normalized spacial score (nSPS) is 43.1. The van der Waals surface area contributed by atoms with Gasteiger partial charge in [-0.25, -0.2) is 0 Å². The lowest BCUT2D eigenvalue weighted by molar-refractivity contribution is -0.135. The first kappa shape index (κ1) is 13.9. The molecule has 4 atom stereocenters. The van der Waals surface area contributed by atoms with Crippen LogP contribution in [0.4, 0.5) is 0 Å². The van der Waals surface area contributed by atoms with Gasteiger partial charge in [-0.15, -0.1) is 0 Å². The van der Waals surface area contributed by atoms with Crippen molar-refractivity contribution >= 4 is 11.6 Å². The van der Waals surface area contributed by atoms with E-state index in [1.165, 1.54) is 6.42 Å². The highest BCUT2D eigenvalue weighted by atomic mass is 16.3. The molecule has 1 aliphatic heterocycles. The summed E-state index contributed by atoms with van der Waals surface area (Å²) in [5.74, 6) is 1.10. The van der Waals surface area contributed by atoms with Gasteiger partial charge in [-0.05, 0) is 49.7 Å². The van der Waals surface area contributed by atoms with Crippen molar-refractivity contribution in [2.45, 2.75) is 45.6 Å². The number of amides is 1. The van der Waals surface area contributed by atoms with E-state index >= 15 is 0 Å².